The lowest BCUT2D eigenvalue weighted by molar-refractivity contribution is 0.329. The molecule has 2 aliphatic rings. The molecule has 1 nitrogen and oxygen atoms in total. The number of methoxy groups -OCH3 is 1. The summed E-state index contributed by atoms with van der Waals surface area (Å²) in [6, 6.07) is 0. The average molecular weight is 152 g/mol. The van der Waals surface area contributed by atoms with Crippen LogP contribution in [0.25, 0.3) is 0 Å². The third-order valence-electron chi connectivity index (χ3n) is 2.77. The molecule has 0 saturated heterocycles. The Morgan fingerprint density at radius 1 is 1.18 bits per heavy atom. The lowest BCUT2D eigenvalue weighted by atomic mass is 9.98. The van der Waals surface area contributed by atoms with Gasteiger partial charge in [-0.2, -0.15) is 0 Å². The lowest BCUT2D eigenvalue weighted by Crippen LogP contribution is -2.01. The number of hydrogen-bond acceptors (Lipinski definition) is 1. The first kappa shape index (κ1) is 7.20. The molecule has 0 amide bonds. The molecule has 0 unspecified atom stereocenters. The number of hydrogen-bond donors (Lipinski definition) is 0. The van der Waals surface area contributed by atoms with Crippen LogP contribution in [0.3, 0.4) is 0 Å². The molecule has 0 aromatic heterocycles. The zero-order valence-corrected chi connectivity index (χ0v) is 7.12. The number of allylic oxidation sites excluding steroid dienone is 1. The van der Waals surface area contributed by atoms with Gasteiger partial charge in [0.1, 0.15) is 0 Å². The van der Waals surface area contributed by atoms with E-state index >= 15 is 0 Å². The van der Waals surface area contributed by atoms with Gasteiger partial charge in [-0.3, -0.25) is 0 Å². The molecule has 2 rings (SSSR count). The minimum atomic E-state index is 0.856. The molecule has 0 aliphatic heterocycles. The Hall–Kier alpha value is -0.460. The molecule has 0 N–H and O–H groups in total. The van der Waals surface area contributed by atoms with Gasteiger partial charge in [0, 0.05) is 0 Å². The van der Waals surface area contributed by atoms with E-state index in [1.165, 1.54) is 25.7 Å². The second-order valence-corrected chi connectivity index (χ2v) is 3.82. The second kappa shape index (κ2) is 2.88. The first-order valence-electron chi connectivity index (χ1n) is 4.61. The summed E-state index contributed by atoms with van der Waals surface area (Å²) >= 11 is 0. The van der Waals surface area contributed by atoms with Crippen molar-refractivity contribution in [2.24, 2.45) is 17.8 Å². The van der Waals surface area contributed by atoms with E-state index in [9.17, 15) is 0 Å². The van der Waals surface area contributed by atoms with Crippen LogP contribution in [-0.2, 0) is 4.74 Å². The normalized spacial score (nSPS) is 24.9. The van der Waals surface area contributed by atoms with Crippen molar-refractivity contribution >= 4 is 0 Å². The first-order chi connectivity index (χ1) is 5.42. The highest BCUT2D eigenvalue weighted by Gasteiger charge is 2.39. The zero-order chi connectivity index (χ0) is 7.68. The van der Waals surface area contributed by atoms with E-state index in [1.807, 2.05) is 6.26 Å². The highest BCUT2D eigenvalue weighted by molar-refractivity contribution is 5.00. The predicted molar refractivity (Wildman–Crippen MR) is 45.1 cm³/mol. The van der Waals surface area contributed by atoms with E-state index in [-0.39, 0.29) is 0 Å². The van der Waals surface area contributed by atoms with Crippen LogP contribution in [0.1, 0.15) is 25.7 Å². The minimum absolute atomic E-state index is 0.856. The Kier molecular flexibility index (Phi) is 1.89. The van der Waals surface area contributed by atoms with Crippen molar-refractivity contribution in [1.82, 2.24) is 0 Å². The molecule has 2 aliphatic carbocycles. The van der Waals surface area contributed by atoms with E-state index in [1.54, 1.807) is 7.11 Å². The third-order valence-corrected chi connectivity index (χ3v) is 2.77. The van der Waals surface area contributed by atoms with E-state index in [4.69, 9.17) is 4.74 Å². The van der Waals surface area contributed by atoms with Crippen LogP contribution >= 0.6 is 0 Å². The van der Waals surface area contributed by atoms with Crippen LogP contribution in [0.5, 0.6) is 0 Å². The standard InChI is InChI=1S/C10H16O/c1-11-7-6-10(8-2-3-8)9-4-5-9/h6-10H,2-5H2,1H3/b7-6+. The molecule has 0 bridgehead atoms. The lowest BCUT2D eigenvalue weighted by Gasteiger charge is -2.08. The fourth-order valence-electron chi connectivity index (χ4n) is 1.83. The molecule has 0 atom stereocenters. The molecular weight excluding hydrogens is 136 g/mol. The zero-order valence-electron chi connectivity index (χ0n) is 7.12. The van der Waals surface area contributed by atoms with Gasteiger partial charge in [0.15, 0.2) is 0 Å². The highest BCUT2D eigenvalue weighted by atomic mass is 16.5. The Labute approximate surface area is 68.4 Å². The second-order valence-electron chi connectivity index (χ2n) is 3.82. The largest absolute Gasteiger partial charge is 0.505 e. The Bertz CT molecular complexity index is 142. The smallest absolute Gasteiger partial charge is 0.0787 e. The number of ether oxygens (including phenoxy) is 1. The summed E-state index contributed by atoms with van der Waals surface area (Å²) in [4.78, 5) is 0. The van der Waals surface area contributed by atoms with Gasteiger partial charge in [-0.1, -0.05) is 0 Å². The van der Waals surface area contributed by atoms with Gasteiger partial charge in [0.2, 0.25) is 0 Å². The average Bonchev–Trinajstić information content (AvgIpc) is 2.85. The molecule has 2 saturated carbocycles. The van der Waals surface area contributed by atoms with Crippen molar-refractivity contribution in [2.45, 2.75) is 25.7 Å². The maximum absolute atomic E-state index is 4.95. The molecule has 62 valence electrons. The summed E-state index contributed by atoms with van der Waals surface area (Å²) in [5.41, 5.74) is 0. The van der Waals surface area contributed by atoms with Crippen molar-refractivity contribution in [3.63, 3.8) is 0 Å². The van der Waals surface area contributed by atoms with Crippen molar-refractivity contribution in [3.05, 3.63) is 12.3 Å². The predicted octanol–water partition coefficient (Wildman–Crippen LogP) is 2.58. The molecule has 11 heavy (non-hydrogen) atoms. The fraction of sp³-hybridized carbons (Fsp3) is 0.800. The van der Waals surface area contributed by atoms with E-state index < -0.39 is 0 Å². The summed E-state index contributed by atoms with van der Waals surface area (Å²) in [5.74, 6) is 2.87. The SMILES string of the molecule is CO/C=C/C(C1CC1)C1CC1. The van der Waals surface area contributed by atoms with E-state index in [2.05, 4.69) is 6.08 Å². The Morgan fingerprint density at radius 2 is 1.73 bits per heavy atom. The van der Waals surface area contributed by atoms with Gasteiger partial charge < -0.3 is 4.74 Å². The summed E-state index contributed by atoms with van der Waals surface area (Å²) in [5, 5.41) is 0. The van der Waals surface area contributed by atoms with Gasteiger partial charge in [0.05, 0.1) is 13.4 Å². The van der Waals surface area contributed by atoms with Gasteiger partial charge >= 0.3 is 0 Å². The summed E-state index contributed by atoms with van der Waals surface area (Å²) in [6.45, 7) is 0. The molecule has 0 aromatic carbocycles. The molecule has 2 fully saturated rings. The molecule has 0 spiro atoms. The Morgan fingerprint density at radius 3 is 2.09 bits per heavy atom. The molecule has 0 radical (unpaired) electrons. The van der Waals surface area contributed by atoms with E-state index in [0.29, 0.717) is 0 Å². The highest BCUT2D eigenvalue weighted by Crippen LogP contribution is 2.49. The Balaban J connectivity index is 1.86. The monoisotopic (exact) mass is 152 g/mol. The van der Waals surface area contributed by atoms with Crippen LogP contribution in [0.2, 0.25) is 0 Å². The van der Waals surface area contributed by atoms with Crippen LogP contribution in [-0.4, -0.2) is 7.11 Å². The van der Waals surface area contributed by atoms with Gasteiger partial charge in [-0.25, -0.2) is 0 Å². The van der Waals surface area contributed by atoms with Crippen molar-refractivity contribution < 1.29 is 4.74 Å². The van der Waals surface area contributed by atoms with Crippen molar-refractivity contribution in [3.8, 4) is 0 Å². The summed E-state index contributed by atoms with van der Waals surface area (Å²) in [6.07, 6.45) is 9.95. The first-order valence-corrected chi connectivity index (χ1v) is 4.61. The van der Waals surface area contributed by atoms with Crippen LogP contribution in [0.4, 0.5) is 0 Å². The maximum atomic E-state index is 4.95. The quantitative estimate of drug-likeness (QED) is 0.562. The van der Waals surface area contributed by atoms with Gasteiger partial charge in [-0.05, 0) is 49.5 Å². The van der Waals surface area contributed by atoms with Crippen LogP contribution < -0.4 is 0 Å². The van der Waals surface area contributed by atoms with Gasteiger partial charge in [-0.15, -0.1) is 0 Å². The molecule has 0 heterocycles. The molecular formula is C10H16O. The number of rotatable bonds is 4. The maximum Gasteiger partial charge on any atom is 0.0787 e. The minimum Gasteiger partial charge on any atom is -0.505 e. The summed E-state index contributed by atoms with van der Waals surface area (Å²) in [7, 11) is 1.73. The van der Waals surface area contributed by atoms with Crippen LogP contribution in [0, 0.1) is 17.8 Å². The van der Waals surface area contributed by atoms with Crippen molar-refractivity contribution in [2.75, 3.05) is 7.11 Å². The summed E-state index contributed by atoms with van der Waals surface area (Å²) < 4.78 is 4.95. The topological polar surface area (TPSA) is 9.23 Å². The van der Waals surface area contributed by atoms with E-state index in [0.717, 1.165) is 17.8 Å². The fourth-order valence-corrected chi connectivity index (χ4v) is 1.83. The third kappa shape index (κ3) is 1.76. The molecule has 1 heteroatoms. The van der Waals surface area contributed by atoms with Gasteiger partial charge in [0.25, 0.3) is 0 Å². The molecule has 0 aromatic rings. The van der Waals surface area contributed by atoms with Crippen molar-refractivity contribution in [1.29, 1.82) is 0 Å². The van der Waals surface area contributed by atoms with Crippen LogP contribution in [0.15, 0.2) is 12.3 Å².